The maximum absolute atomic E-state index is 13.8. The van der Waals surface area contributed by atoms with Gasteiger partial charge in [0.25, 0.3) is 0 Å². The minimum Gasteiger partial charge on any atom is -0.309 e. The van der Waals surface area contributed by atoms with Crippen molar-refractivity contribution in [1.29, 1.82) is 0 Å². The Kier molecular flexibility index (Phi) is 3.90. The van der Waals surface area contributed by atoms with Crippen molar-refractivity contribution in [2.75, 3.05) is 7.05 Å². The number of aryl methyl sites for hydroxylation is 1. The van der Waals surface area contributed by atoms with Crippen molar-refractivity contribution in [2.24, 2.45) is 0 Å². The summed E-state index contributed by atoms with van der Waals surface area (Å²) in [5.41, 5.74) is 1.54. The second kappa shape index (κ2) is 5.45. The molecular formula is C15H14F3N. The van der Waals surface area contributed by atoms with Gasteiger partial charge in [-0.05, 0) is 19.5 Å². The standard InChI is InChI=1S/C15H14F3N/c1-9-4-3-5-10(6-9)15(19-2)14-12(17)7-11(16)8-13(14)18/h3-8,15,19H,1-2H3. The fourth-order valence-corrected chi connectivity index (χ4v) is 2.16. The molecule has 0 aliphatic rings. The van der Waals surface area contributed by atoms with Crippen LogP contribution in [0.3, 0.4) is 0 Å². The zero-order chi connectivity index (χ0) is 14.0. The first kappa shape index (κ1) is 13.6. The summed E-state index contributed by atoms with van der Waals surface area (Å²) in [6.45, 7) is 1.90. The lowest BCUT2D eigenvalue weighted by Gasteiger charge is -2.19. The summed E-state index contributed by atoms with van der Waals surface area (Å²) in [5.74, 6) is -2.70. The van der Waals surface area contributed by atoms with Crippen molar-refractivity contribution in [3.8, 4) is 0 Å². The fourth-order valence-electron chi connectivity index (χ4n) is 2.16. The quantitative estimate of drug-likeness (QED) is 0.891. The summed E-state index contributed by atoms with van der Waals surface area (Å²) < 4.78 is 40.6. The number of halogens is 3. The van der Waals surface area contributed by atoms with Crippen LogP contribution in [0.4, 0.5) is 13.2 Å². The van der Waals surface area contributed by atoms with Crippen LogP contribution in [0.1, 0.15) is 22.7 Å². The summed E-state index contributed by atoms with van der Waals surface area (Å²) in [4.78, 5) is 0. The zero-order valence-corrected chi connectivity index (χ0v) is 10.7. The second-order valence-corrected chi connectivity index (χ2v) is 4.42. The number of benzene rings is 2. The number of hydrogen-bond donors (Lipinski definition) is 1. The fraction of sp³-hybridized carbons (Fsp3) is 0.200. The molecule has 2 rings (SSSR count). The zero-order valence-electron chi connectivity index (χ0n) is 10.7. The van der Waals surface area contributed by atoms with Crippen LogP contribution in [0, 0.1) is 24.4 Å². The SMILES string of the molecule is CNC(c1cccc(C)c1)c1c(F)cc(F)cc1F. The smallest absolute Gasteiger partial charge is 0.134 e. The molecule has 0 bridgehead atoms. The lowest BCUT2D eigenvalue weighted by molar-refractivity contribution is 0.500. The number of nitrogens with one attached hydrogen (secondary N) is 1. The van der Waals surface area contributed by atoms with Crippen LogP contribution in [-0.4, -0.2) is 7.05 Å². The lowest BCUT2D eigenvalue weighted by Crippen LogP contribution is -2.20. The van der Waals surface area contributed by atoms with Crippen LogP contribution in [0.2, 0.25) is 0 Å². The molecular weight excluding hydrogens is 251 g/mol. The topological polar surface area (TPSA) is 12.0 Å². The monoisotopic (exact) mass is 265 g/mol. The van der Waals surface area contributed by atoms with Gasteiger partial charge in [0.1, 0.15) is 17.5 Å². The van der Waals surface area contributed by atoms with E-state index in [0.717, 1.165) is 11.1 Å². The molecule has 0 saturated heterocycles. The maximum Gasteiger partial charge on any atom is 0.134 e. The summed E-state index contributed by atoms with van der Waals surface area (Å²) >= 11 is 0. The normalized spacial score (nSPS) is 12.5. The van der Waals surface area contributed by atoms with Gasteiger partial charge in [0.2, 0.25) is 0 Å². The highest BCUT2D eigenvalue weighted by Crippen LogP contribution is 2.27. The molecule has 2 aromatic carbocycles. The highest BCUT2D eigenvalue weighted by molar-refractivity contribution is 5.35. The summed E-state index contributed by atoms with van der Waals surface area (Å²) in [7, 11) is 1.61. The molecule has 1 unspecified atom stereocenters. The molecule has 0 aliphatic heterocycles. The third kappa shape index (κ3) is 2.79. The van der Waals surface area contributed by atoms with E-state index in [4.69, 9.17) is 0 Å². The Morgan fingerprint density at radius 2 is 1.63 bits per heavy atom. The van der Waals surface area contributed by atoms with Crippen LogP contribution in [-0.2, 0) is 0 Å². The Balaban J connectivity index is 2.54. The largest absolute Gasteiger partial charge is 0.309 e. The molecule has 2 aromatic rings. The van der Waals surface area contributed by atoms with Gasteiger partial charge in [-0.2, -0.15) is 0 Å². The van der Waals surface area contributed by atoms with Crippen molar-refractivity contribution in [3.05, 3.63) is 70.5 Å². The van der Waals surface area contributed by atoms with Gasteiger partial charge >= 0.3 is 0 Å². The van der Waals surface area contributed by atoms with E-state index < -0.39 is 23.5 Å². The molecule has 0 spiro atoms. The molecule has 19 heavy (non-hydrogen) atoms. The first-order valence-electron chi connectivity index (χ1n) is 5.91. The van der Waals surface area contributed by atoms with E-state index in [1.807, 2.05) is 25.1 Å². The molecule has 4 heteroatoms. The van der Waals surface area contributed by atoms with E-state index >= 15 is 0 Å². The highest BCUT2D eigenvalue weighted by Gasteiger charge is 2.21. The van der Waals surface area contributed by atoms with E-state index in [-0.39, 0.29) is 5.56 Å². The Labute approximate surface area is 110 Å². The van der Waals surface area contributed by atoms with E-state index in [9.17, 15) is 13.2 Å². The van der Waals surface area contributed by atoms with Gasteiger partial charge in [-0.3, -0.25) is 0 Å². The van der Waals surface area contributed by atoms with Crippen molar-refractivity contribution in [3.63, 3.8) is 0 Å². The highest BCUT2D eigenvalue weighted by atomic mass is 19.1. The average molecular weight is 265 g/mol. The van der Waals surface area contributed by atoms with Crippen LogP contribution >= 0.6 is 0 Å². The first-order chi connectivity index (χ1) is 9.02. The van der Waals surface area contributed by atoms with E-state index in [1.165, 1.54) is 0 Å². The van der Waals surface area contributed by atoms with Gasteiger partial charge in [-0.1, -0.05) is 29.8 Å². The molecule has 0 radical (unpaired) electrons. The summed E-state index contributed by atoms with van der Waals surface area (Å²) in [6, 6.07) is 8.05. The van der Waals surface area contributed by atoms with E-state index in [2.05, 4.69) is 5.32 Å². The molecule has 0 aromatic heterocycles. The van der Waals surface area contributed by atoms with E-state index in [0.29, 0.717) is 12.1 Å². The Hall–Kier alpha value is -1.81. The maximum atomic E-state index is 13.8. The minimum absolute atomic E-state index is 0.172. The Morgan fingerprint density at radius 1 is 1.00 bits per heavy atom. The van der Waals surface area contributed by atoms with Gasteiger partial charge in [0.15, 0.2) is 0 Å². The molecule has 0 saturated carbocycles. The third-order valence-electron chi connectivity index (χ3n) is 3.00. The van der Waals surface area contributed by atoms with Gasteiger partial charge in [-0.25, -0.2) is 13.2 Å². The summed E-state index contributed by atoms with van der Waals surface area (Å²) in [5, 5.41) is 2.86. The second-order valence-electron chi connectivity index (χ2n) is 4.42. The van der Waals surface area contributed by atoms with Crippen molar-refractivity contribution in [2.45, 2.75) is 13.0 Å². The number of hydrogen-bond acceptors (Lipinski definition) is 1. The predicted molar refractivity (Wildman–Crippen MR) is 68.4 cm³/mol. The Morgan fingerprint density at radius 3 is 2.16 bits per heavy atom. The third-order valence-corrected chi connectivity index (χ3v) is 3.00. The van der Waals surface area contributed by atoms with Gasteiger partial charge < -0.3 is 5.32 Å². The minimum atomic E-state index is -0.919. The van der Waals surface area contributed by atoms with E-state index in [1.54, 1.807) is 13.1 Å². The molecule has 1 nitrogen and oxygen atoms in total. The van der Waals surface area contributed by atoms with Gasteiger partial charge in [-0.15, -0.1) is 0 Å². The summed E-state index contributed by atoms with van der Waals surface area (Å²) in [6.07, 6.45) is 0. The van der Waals surface area contributed by atoms with Crippen LogP contribution in [0.5, 0.6) is 0 Å². The predicted octanol–water partition coefficient (Wildman–Crippen LogP) is 3.72. The molecule has 0 aliphatic carbocycles. The van der Waals surface area contributed by atoms with Crippen molar-refractivity contribution >= 4 is 0 Å². The molecule has 100 valence electrons. The Bertz CT molecular complexity index is 573. The van der Waals surface area contributed by atoms with Gasteiger partial charge in [0, 0.05) is 17.7 Å². The molecule has 0 amide bonds. The molecule has 1 atom stereocenters. The lowest BCUT2D eigenvalue weighted by atomic mass is 9.96. The van der Waals surface area contributed by atoms with Crippen molar-refractivity contribution in [1.82, 2.24) is 5.32 Å². The van der Waals surface area contributed by atoms with Crippen LogP contribution in [0.25, 0.3) is 0 Å². The molecule has 0 fully saturated rings. The average Bonchev–Trinajstić information content (AvgIpc) is 2.33. The van der Waals surface area contributed by atoms with Gasteiger partial charge in [0.05, 0.1) is 6.04 Å². The first-order valence-corrected chi connectivity index (χ1v) is 5.91. The van der Waals surface area contributed by atoms with Crippen LogP contribution in [0.15, 0.2) is 36.4 Å². The van der Waals surface area contributed by atoms with Crippen molar-refractivity contribution < 1.29 is 13.2 Å². The number of rotatable bonds is 3. The molecule has 1 N–H and O–H groups in total. The van der Waals surface area contributed by atoms with Crippen LogP contribution < -0.4 is 5.32 Å². The molecule has 0 heterocycles.